The van der Waals surface area contributed by atoms with Crippen LogP contribution in [-0.4, -0.2) is 19.5 Å². The maximum absolute atomic E-state index is 12.2. The van der Waals surface area contributed by atoms with Gasteiger partial charge in [0.2, 0.25) is 0 Å². The highest BCUT2D eigenvalue weighted by Gasteiger charge is 2.15. The summed E-state index contributed by atoms with van der Waals surface area (Å²) >= 11 is 0. The number of hydrogen-bond acceptors (Lipinski definition) is 4. The van der Waals surface area contributed by atoms with E-state index in [1.807, 2.05) is 0 Å². The van der Waals surface area contributed by atoms with Crippen LogP contribution in [0.15, 0.2) is 23.5 Å². The van der Waals surface area contributed by atoms with Crippen LogP contribution in [0.5, 0.6) is 0 Å². The standard InChI is InChI=1S/C13H16N4O/c18-13-11-12(15-7-6-14-11)16-9-17(13)8-5-10-3-1-2-4-10/h6-7,9-10H,1-5,8H2. The van der Waals surface area contributed by atoms with Crippen LogP contribution in [-0.2, 0) is 6.54 Å². The molecule has 0 saturated heterocycles. The molecule has 1 aliphatic rings. The maximum Gasteiger partial charge on any atom is 0.281 e. The van der Waals surface area contributed by atoms with Crippen molar-refractivity contribution in [2.75, 3.05) is 0 Å². The molecule has 18 heavy (non-hydrogen) atoms. The van der Waals surface area contributed by atoms with Gasteiger partial charge in [-0.3, -0.25) is 9.36 Å². The Balaban J connectivity index is 1.83. The van der Waals surface area contributed by atoms with Gasteiger partial charge in [-0.15, -0.1) is 0 Å². The van der Waals surface area contributed by atoms with Crippen molar-refractivity contribution in [2.24, 2.45) is 5.92 Å². The minimum absolute atomic E-state index is 0.0777. The molecule has 3 rings (SSSR count). The maximum atomic E-state index is 12.2. The van der Waals surface area contributed by atoms with E-state index in [9.17, 15) is 4.79 Å². The Morgan fingerprint density at radius 2 is 1.94 bits per heavy atom. The molecule has 0 aliphatic heterocycles. The van der Waals surface area contributed by atoms with Crippen LogP contribution in [0.3, 0.4) is 0 Å². The Morgan fingerprint density at radius 3 is 2.78 bits per heavy atom. The van der Waals surface area contributed by atoms with Crippen LogP contribution in [0.25, 0.3) is 11.2 Å². The molecule has 1 aliphatic carbocycles. The second kappa shape index (κ2) is 4.84. The average Bonchev–Trinajstić information content (AvgIpc) is 2.91. The number of aromatic nitrogens is 4. The number of hydrogen-bond donors (Lipinski definition) is 0. The fraction of sp³-hybridized carbons (Fsp3) is 0.538. The number of fused-ring (bicyclic) bond motifs is 1. The largest absolute Gasteiger partial charge is 0.297 e. The summed E-state index contributed by atoms with van der Waals surface area (Å²) in [4.78, 5) is 24.4. The molecular weight excluding hydrogens is 228 g/mol. The zero-order chi connectivity index (χ0) is 12.4. The van der Waals surface area contributed by atoms with Crippen molar-refractivity contribution >= 4 is 11.2 Å². The van der Waals surface area contributed by atoms with Gasteiger partial charge in [0.25, 0.3) is 5.56 Å². The van der Waals surface area contributed by atoms with Gasteiger partial charge in [-0.1, -0.05) is 25.7 Å². The molecule has 0 bridgehead atoms. The van der Waals surface area contributed by atoms with Crippen LogP contribution in [0.4, 0.5) is 0 Å². The van der Waals surface area contributed by atoms with E-state index in [1.54, 1.807) is 17.1 Å². The van der Waals surface area contributed by atoms with Gasteiger partial charge >= 0.3 is 0 Å². The van der Waals surface area contributed by atoms with E-state index in [4.69, 9.17) is 0 Å². The van der Waals surface area contributed by atoms with Crippen LogP contribution in [0.1, 0.15) is 32.1 Å². The fourth-order valence-electron chi connectivity index (χ4n) is 2.67. The van der Waals surface area contributed by atoms with E-state index in [-0.39, 0.29) is 5.56 Å². The van der Waals surface area contributed by atoms with Crippen molar-refractivity contribution in [3.63, 3.8) is 0 Å². The topological polar surface area (TPSA) is 60.7 Å². The van der Waals surface area contributed by atoms with Gasteiger partial charge in [-0.25, -0.2) is 15.0 Å². The van der Waals surface area contributed by atoms with Crippen molar-refractivity contribution in [3.05, 3.63) is 29.1 Å². The first-order valence-corrected chi connectivity index (χ1v) is 6.51. The van der Waals surface area contributed by atoms with E-state index < -0.39 is 0 Å². The van der Waals surface area contributed by atoms with Crippen LogP contribution in [0.2, 0.25) is 0 Å². The Morgan fingerprint density at radius 1 is 1.17 bits per heavy atom. The zero-order valence-electron chi connectivity index (χ0n) is 10.2. The van der Waals surface area contributed by atoms with Gasteiger partial charge in [0, 0.05) is 18.9 Å². The van der Waals surface area contributed by atoms with Gasteiger partial charge in [-0.05, 0) is 12.3 Å². The highest BCUT2D eigenvalue weighted by Crippen LogP contribution is 2.27. The third-order valence-corrected chi connectivity index (χ3v) is 3.71. The molecule has 0 amide bonds. The zero-order valence-corrected chi connectivity index (χ0v) is 10.2. The summed E-state index contributed by atoms with van der Waals surface area (Å²) < 4.78 is 1.66. The van der Waals surface area contributed by atoms with E-state index in [0.29, 0.717) is 11.2 Å². The molecule has 5 heteroatoms. The van der Waals surface area contributed by atoms with Crippen molar-refractivity contribution in [1.29, 1.82) is 0 Å². The van der Waals surface area contributed by atoms with Crippen LogP contribution in [0, 0.1) is 5.92 Å². The summed E-state index contributed by atoms with van der Waals surface area (Å²) in [6.45, 7) is 0.739. The summed E-state index contributed by atoms with van der Waals surface area (Å²) in [6.07, 6.45) is 11.0. The molecule has 0 atom stereocenters. The monoisotopic (exact) mass is 244 g/mol. The molecule has 0 aromatic carbocycles. The molecule has 0 spiro atoms. The van der Waals surface area contributed by atoms with E-state index in [1.165, 1.54) is 31.9 Å². The van der Waals surface area contributed by atoms with Crippen molar-refractivity contribution in [1.82, 2.24) is 19.5 Å². The van der Waals surface area contributed by atoms with Gasteiger partial charge in [0.15, 0.2) is 11.2 Å². The van der Waals surface area contributed by atoms with Gasteiger partial charge in [0.05, 0.1) is 0 Å². The normalized spacial score (nSPS) is 16.4. The summed E-state index contributed by atoms with van der Waals surface area (Å²) in [6, 6.07) is 0. The molecule has 0 radical (unpaired) electrons. The highest BCUT2D eigenvalue weighted by atomic mass is 16.1. The Bertz CT molecular complexity index is 601. The lowest BCUT2D eigenvalue weighted by molar-refractivity contribution is 0.451. The summed E-state index contributed by atoms with van der Waals surface area (Å²) in [5, 5.41) is 0. The van der Waals surface area contributed by atoms with E-state index in [2.05, 4.69) is 15.0 Å². The Hall–Kier alpha value is -1.78. The quantitative estimate of drug-likeness (QED) is 0.825. The predicted octanol–water partition coefficient (Wildman–Crippen LogP) is 1.77. The van der Waals surface area contributed by atoms with Crippen molar-refractivity contribution in [2.45, 2.75) is 38.6 Å². The van der Waals surface area contributed by atoms with E-state index in [0.717, 1.165) is 18.9 Å². The minimum Gasteiger partial charge on any atom is -0.297 e. The van der Waals surface area contributed by atoms with Gasteiger partial charge < -0.3 is 0 Å². The Kier molecular flexibility index (Phi) is 3.04. The second-order valence-corrected chi connectivity index (χ2v) is 4.91. The van der Waals surface area contributed by atoms with E-state index >= 15 is 0 Å². The minimum atomic E-state index is -0.0777. The molecule has 94 valence electrons. The molecule has 0 unspecified atom stereocenters. The van der Waals surface area contributed by atoms with Crippen molar-refractivity contribution in [3.8, 4) is 0 Å². The lowest BCUT2D eigenvalue weighted by Crippen LogP contribution is -2.22. The molecule has 0 N–H and O–H groups in total. The molecule has 1 saturated carbocycles. The van der Waals surface area contributed by atoms with Crippen LogP contribution < -0.4 is 5.56 Å². The van der Waals surface area contributed by atoms with Gasteiger partial charge in [0.1, 0.15) is 6.33 Å². The Labute approximate surface area is 105 Å². The van der Waals surface area contributed by atoms with Crippen LogP contribution >= 0.6 is 0 Å². The lowest BCUT2D eigenvalue weighted by Gasteiger charge is -2.10. The summed E-state index contributed by atoms with van der Waals surface area (Å²) in [5.74, 6) is 0.773. The number of aryl methyl sites for hydroxylation is 1. The SMILES string of the molecule is O=c1c2nccnc2ncn1CCC1CCCC1. The molecule has 1 fully saturated rings. The summed E-state index contributed by atoms with van der Waals surface area (Å²) in [7, 11) is 0. The summed E-state index contributed by atoms with van der Waals surface area (Å²) in [5.41, 5.74) is 0.720. The molecule has 5 nitrogen and oxygen atoms in total. The third kappa shape index (κ3) is 2.12. The average molecular weight is 244 g/mol. The smallest absolute Gasteiger partial charge is 0.281 e. The molecule has 2 heterocycles. The molecular formula is C13H16N4O. The van der Waals surface area contributed by atoms with Gasteiger partial charge in [-0.2, -0.15) is 0 Å². The molecule has 2 aromatic rings. The third-order valence-electron chi connectivity index (χ3n) is 3.71. The first kappa shape index (κ1) is 11.3. The second-order valence-electron chi connectivity index (χ2n) is 4.91. The van der Waals surface area contributed by atoms with Crippen molar-refractivity contribution < 1.29 is 0 Å². The lowest BCUT2D eigenvalue weighted by atomic mass is 10.0. The highest BCUT2D eigenvalue weighted by molar-refractivity contribution is 5.66. The first-order valence-electron chi connectivity index (χ1n) is 6.51. The number of rotatable bonds is 3. The fourth-order valence-corrected chi connectivity index (χ4v) is 2.67. The predicted molar refractivity (Wildman–Crippen MR) is 68.2 cm³/mol. The molecule has 2 aromatic heterocycles. The first-order chi connectivity index (χ1) is 8.84. The number of nitrogens with zero attached hydrogens (tertiary/aromatic N) is 4.